The summed E-state index contributed by atoms with van der Waals surface area (Å²) in [5.41, 5.74) is 6.06. The molecule has 1 unspecified atom stereocenters. The summed E-state index contributed by atoms with van der Waals surface area (Å²) in [6, 6.07) is -0.311. The van der Waals surface area contributed by atoms with E-state index in [1.807, 2.05) is 13.8 Å². The number of hydrogen-bond acceptors (Lipinski definition) is 4. The van der Waals surface area contributed by atoms with E-state index in [2.05, 4.69) is 0 Å². The van der Waals surface area contributed by atoms with E-state index in [-0.39, 0.29) is 28.9 Å². The lowest BCUT2D eigenvalue weighted by atomic mass is 10.0. The van der Waals surface area contributed by atoms with Crippen LogP contribution in [0.5, 0.6) is 0 Å². The van der Waals surface area contributed by atoms with Crippen molar-refractivity contribution in [3.8, 4) is 0 Å². The van der Waals surface area contributed by atoms with Gasteiger partial charge in [0.2, 0.25) is 5.91 Å². The summed E-state index contributed by atoms with van der Waals surface area (Å²) in [6.07, 6.45) is 0.412. The van der Waals surface area contributed by atoms with Gasteiger partial charge in [-0.2, -0.15) is 0 Å². The number of fused-ring (bicyclic) bond motifs is 1. The first-order valence-electron chi connectivity index (χ1n) is 5.15. The Morgan fingerprint density at radius 3 is 2.69 bits per heavy atom. The average Bonchev–Trinajstić information content (AvgIpc) is 2.49. The van der Waals surface area contributed by atoms with Crippen molar-refractivity contribution in [2.45, 2.75) is 31.7 Å². The minimum atomic E-state index is -1.06. The predicted molar refractivity (Wildman–Crippen MR) is 60.3 cm³/mol. The van der Waals surface area contributed by atoms with Gasteiger partial charge < -0.3 is 10.8 Å². The molecule has 88 valence electrons. The fraction of sp³-hybridized carbons (Fsp3) is 0.600. The molecule has 2 aliphatic heterocycles. The zero-order chi connectivity index (χ0) is 12.0. The van der Waals surface area contributed by atoms with Crippen molar-refractivity contribution in [3.05, 3.63) is 10.6 Å². The van der Waals surface area contributed by atoms with E-state index in [0.717, 1.165) is 0 Å². The minimum Gasteiger partial charge on any atom is -0.477 e. The van der Waals surface area contributed by atoms with Crippen LogP contribution < -0.4 is 5.73 Å². The molecule has 2 heterocycles. The summed E-state index contributed by atoms with van der Waals surface area (Å²) in [7, 11) is 0. The van der Waals surface area contributed by atoms with Crippen LogP contribution in [0.25, 0.3) is 0 Å². The molecular weight excluding hydrogens is 228 g/mol. The number of carboxylic acids is 1. The fourth-order valence-electron chi connectivity index (χ4n) is 1.82. The number of nitrogens with two attached hydrogens (primary N) is 1. The van der Waals surface area contributed by atoms with Crippen molar-refractivity contribution < 1.29 is 14.7 Å². The monoisotopic (exact) mass is 242 g/mol. The van der Waals surface area contributed by atoms with E-state index in [4.69, 9.17) is 10.8 Å². The molecule has 0 aromatic carbocycles. The van der Waals surface area contributed by atoms with Crippen molar-refractivity contribution >= 4 is 23.6 Å². The number of aliphatic carboxylic acids is 1. The fourth-order valence-corrected chi connectivity index (χ4v) is 3.39. The largest absolute Gasteiger partial charge is 0.477 e. The summed E-state index contributed by atoms with van der Waals surface area (Å²) in [6.45, 7) is 3.88. The van der Waals surface area contributed by atoms with Gasteiger partial charge in [0.1, 0.15) is 5.70 Å². The Morgan fingerprint density at radius 2 is 2.25 bits per heavy atom. The zero-order valence-electron chi connectivity index (χ0n) is 9.14. The highest BCUT2D eigenvalue weighted by molar-refractivity contribution is 8.04. The highest BCUT2D eigenvalue weighted by atomic mass is 32.2. The molecule has 2 rings (SSSR count). The number of rotatable bonds is 3. The molecule has 0 bridgehead atoms. The third kappa shape index (κ3) is 1.53. The van der Waals surface area contributed by atoms with Gasteiger partial charge >= 0.3 is 5.97 Å². The lowest BCUT2D eigenvalue weighted by molar-refractivity contribution is -0.145. The van der Waals surface area contributed by atoms with Crippen LogP contribution in [-0.4, -0.2) is 33.3 Å². The second-order valence-electron chi connectivity index (χ2n) is 4.33. The molecule has 6 heteroatoms. The second kappa shape index (κ2) is 3.78. The molecule has 0 radical (unpaired) electrons. The van der Waals surface area contributed by atoms with Crippen LogP contribution in [0.2, 0.25) is 0 Å². The summed E-state index contributed by atoms with van der Waals surface area (Å²) in [5.74, 6) is -1.03. The molecule has 1 amide bonds. The summed E-state index contributed by atoms with van der Waals surface area (Å²) < 4.78 is 0. The van der Waals surface area contributed by atoms with Crippen molar-refractivity contribution in [1.29, 1.82) is 0 Å². The molecule has 0 saturated carbocycles. The van der Waals surface area contributed by atoms with Crippen LogP contribution in [0.3, 0.4) is 0 Å². The Labute approximate surface area is 97.7 Å². The maximum absolute atomic E-state index is 11.3. The summed E-state index contributed by atoms with van der Waals surface area (Å²) in [4.78, 5) is 24.5. The van der Waals surface area contributed by atoms with Gasteiger partial charge in [-0.25, -0.2) is 4.79 Å². The van der Waals surface area contributed by atoms with Gasteiger partial charge in [0.15, 0.2) is 0 Å². The molecule has 1 fully saturated rings. The minimum absolute atomic E-state index is 0.0431. The molecule has 16 heavy (non-hydrogen) atoms. The number of carboxylic acid groups (broad SMARTS) is 1. The zero-order valence-corrected chi connectivity index (χ0v) is 9.95. The Bertz CT molecular complexity index is 392. The quantitative estimate of drug-likeness (QED) is 0.707. The summed E-state index contributed by atoms with van der Waals surface area (Å²) in [5, 5.41) is 9.09. The topological polar surface area (TPSA) is 83.6 Å². The Balaban J connectivity index is 2.36. The summed E-state index contributed by atoms with van der Waals surface area (Å²) >= 11 is 1.42. The van der Waals surface area contributed by atoms with E-state index in [1.54, 1.807) is 0 Å². The van der Waals surface area contributed by atoms with Gasteiger partial charge in [-0.1, -0.05) is 13.8 Å². The molecule has 1 saturated heterocycles. The molecule has 0 spiro atoms. The molecular formula is C10H14N2O3S. The van der Waals surface area contributed by atoms with Crippen molar-refractivity contribution in [2.75, 3.05) is 0 Å². The number of hydrogen-bond donors (Lipinski definition) is 2. The smallest absolute Gasteiger partial charge is 0.353 e. The second-order valence-corrected chi connectivity index (χ2v) is 5.55. The lowest BCUT2D eigenvalue weighted by Crippen LogP contribution is -2.48. The molecule has 3 N–H and O–H groups in total. The number of β-lactam (4-membered cyclic amide) rings is 1. The average molecular weight is 242 g/mol. The maximum atomic E-state index is 11.3. The van der Waals surface area contributed by atoms with Gasteiger partial charge in [0.05, 0.1) is 11.8 Å². The van der Waals surface area contributed by atoms with Crippen LogP contribution in [0, 0.1) is 5.92 Å². The standard InChI is InChI=1S/C10H14N2O3S/c1-4(2)7(11)9-8(10(14)15)12-5(13)3-6(12)16-9/h4,6-7H,3,11H2,1-2H3,(H,14,15)/t6-,7?/m0/s1. The van der Waals surface area contributed by atoms with Gasteiger partial charge in [0.25, 0.3) is 0 Å². The molecule has 0 aliphatic carbocycles. The highest BCUT2D eigenvalue weighted by Gasteiger charge is 2.49. The SMILES string of the molecule is CC(C)C(N)C1=C(C(=O)O)N2C(=O)C[C@@H]2S1. The number of carbonyl (C=O) groups is 2. The Kier molecular flexibility index (Phi) is 2.71. The molecule has 2 atom stereocenters. The first-order chi connectivity index (χ1) is 7.43. The first-order valence-corrected chi connectivity index (χ1v) is 6.03. The van der Waals surface area contributed by atoms with Crippen molar-refractivity contribution in [2.24, 2.45) is 11.7 Å². The van der Waals surface area contributed by atoms with E-state index in [0.29, 0.717) is 11.3 Å². The van der Waals surface area contributed by atoms with Gasteiger partial charge in [0, 0.05) is 10.9 Å². The third-order valence-electron chi connectivity index (χ3n) is 2.87. The molecule has 0 aromatic heterocycles. The van der Waals surface area contributed by atoms with Crippen LogP contribution >= 0.6 is 11.8 Å². The lowest BCUT2D eigenvalue weighted by Gasteiger charge is -2.33. The van der Waals surface area contributed by atoms with Crippen LogP contribution in [0.1, 0.15) is 20.3 Å². The van der Waals surface area contributed by atoms with Crippen molar-refractivity contribution in [3.63, 3.8) is 0 Å². The van der Waals surface area contributed by atoms with E-state index < -0.39 is 5.97 Å². The molecule has 2 aliphatic rings. The van der Waals surface area contributed by atoms with E-state index in [1.165, 1.54) is 16.7 Å². The molecule has 5 nitrogen and oxygen atoms in total. The maximum Gasteiger partial charge on any atom is 0.353 e. The molecule has 0 aromatic rings. The van der Waals surface area contributed by atoms with Crippen LogP contribution in [0.15, 0.2) is 10.6 Å². The number of thioether (sulfide) groups is 1. The number of amides is 1. The normalized spacial score (nSPS) is 25.9. The Morgan fingerprint density at radius 1 is 1.62 bits per heavy atom. The van der Waals surface area contributed by atoms with Crippen molar-refractivity contribution in [1.82, 2.24) is 4.90 Å². The van der Waals surface area contributed by atoms with Gasteiger partial charge in [-0.05, 0) is 5.92 Å². The highest BCUT2D eigenvalue weighted by Crippen LogP contribution is 2.47. The first kappa shape index (κ1) is 11.5. The number of nitrogens with zero attached hydrogens (tertiary/aromatic N) is 1. The Hall–Kier alpha value is -1.01. The van der Waals surface area contributed by atoms with Gasteiger partial charge in [-0.15, -0.1) is 11.8 Å². The van der Waals surface area contributed by atoms with Crippen LogP contribution in [-0.2, 0) is 9.59 Å². The van der Waals surface area contributed by atoms with Gasteiger partial charge in [-0.3, -0.25) is 9.69 Å². The van der Waals surface area contributed by atoms with E-state index in [9.17, 15) is 9.59 Å². The number of carbonyl (C=O) groups excluding carboxylic acids is 1. The van der Waals surface area contributed by atoms with Crippen LogP contribution in [0.4, 0.5) is 0 Å². The predicted octanol–water partition coefficient (Wildman–Crippen LogP) is 0.571. The van der Waals surface area contributed by atoms with E-state index >= 15 is 0 Å². The third-order valence-corrected chi connectivity index (χ3v) is 4.24.